The molecule has 1 unspecified atom stereocenters. The first kappa shape index (κ1) is 28.2. The zero-order chi connectivity index (χ0) is 26.6. The average Bonchev–Trinajstić information content (AvgIpc) is 3.08. The minimum absolute atomic E-state index is 0.0133. The van der Waals surface area contributed by atoms with Crippen molar-refractivity contribution in [2.24, 2.45) is 0 Å². The molecule has 0 aliphatic carbocycles. The number of aromatic amines is 1. The van der Waals surface area contributed by atoms with E-state index in [4.69, 9.17) is 30.7 Å². The van der Waals surface area contributed by atoms with Gasteiger partial charge in [0.2, 0.25) is 0 Å². The summed E-state index contributed by atoms with van der Waals surface area (Å²) in [6, 6.07) is 7.11. The Morgan fingerprint density at radius 2 is 1.92 bits per heavy atom. The summed E-state index contributed by atoms with van der Waals surface area (Å²) < 4.78 is 36.9. The number of hydrogen-bond acceptors (Lipinski definition) is 10. The molecular weight excluding hydrogens is 513 g/mol. The van der Waals surface area contributed by atoms with Crippen LogP contribution >= 0.6 is 20.0 Å². The molecule has 14 heteroatoms. The predicted octanol–water partition coefficient (Wildman–Crippen LogP) is 1.97. The Bertz CT molecular complexity index is 1220. The van der Waals surface area contributed by atoms with Gasteiger partial charge in [0.15, 0.2) is 11.0 Å². The highest BCUT2D eigenvalue weighted by molar-refractivity contribution is 7.71. The standard InChI is InChI=1S/C22H30N3O9PS/c1-12(2)32-21(29)14(4)24-35(30,34-15-8-6-5-7-9-15)31-11-16-17(26)18(27)20(33-16)25-10-13(3)19(28)23-22(25)36/h5-10,12,14,16-18,20,26-27H,11H2,1-4H3,(H,24,30)(H,23,28,36)/t14-,16-,17?,18+,20-,35+/m0/s1. The van der Waals surface area contributed by atoms with Crippen LogP contribution in [0.5, 0.6) is 5.75 Å². The number of ether oxygens (including phenoxy) is 2. The van der Waals surface area contributed by atoms with Gasteiger partial charge in [-0.05, 0) is 52.0 Å². The lowest BCUT2D eigenvalue weighted by Gasteiger charge is -2.25. The number of aliphatic hydroxyl groups is 2. The van der Waals surface area contributed by atoms with Gasteiger partial charge in [0.05, 0.1) is 12.7 Å². The van der Waals surface area contributed by atoms with E-state index in [0.29, 0.717) is 5.56 Å². The molecule has 3 rings (SSSR count). The van der Waals surface area contributed by atoms with Crippen LogP contribution in [-0.2, 0) is 23.4 Å². The number of carbonyl (C=O) groups is 1. The van der Waals surface area contributed by atoms with Crippen molar-refractivity contribution in [1.29, 1.82) is 0 Å². The lowest BCUT2D eigenvalue weighted by Crippen LogP contribution is -2.38. The normalized spacial score (nSPS) is 24.3. The third-order valence-corrected chi connectivity index (χ3v) is 7.15. The number of aromatic nitrogens is 2. The van der Waals surface area contributed by atoms with Gasteiger partial charge in [-0.15, -0.1) is 0 Å². The number of hydrogen-bond donors (Lipinski definition) is 4. The van der Waals surface area contributed by atoms with Crippen LogP contribution in [-0.4, -0.2) is 62.8 Å². The number of aryl methyl sites for hydroxylation is 1. The Balaban J connectivity index is 1.77. The summed E-state index contributed by atoms with van der Waals surface area (Å²) in [4.78, 5) is 26.5. The second kappa shape index (κ2) is 11.8. The maximum Gasteiger partial charge on any atom is 0.459 e. The number of benzene rings is 1. The van der Waals surface area contributed by atoms with Crippen molar-refractivity contribution in [3.05, 3.63) is 57.2 Å². The fourth-order valence-corrected chi connectivity index (χ4v) is 5.13. The topological polar surface area (TPSA) is 161 Å². The van der Waals surface area contributed by atoms with Gasteiger partial charge in [-0.25, -0.2) is 4.57 Å². The molecule has 2 heterocycles. The van der Waals surface area contributed by atoms with Crippen LogP contribution in [0.2, 0.25) is 0 Å². The van der Waals surface area contributed by atoms with E-state index in [1.165, 1.54) is 17.7 Å². The second-order valence-corrected chi connectivity index (χ2v) is 10.6. The molecule has 1 aromatic carbocycles. The molecule has 1 aliphatic rings. The molecule has 0 bridgehead atoms. The van der Waals surface area contributed by atoms with E-state index in [1.54, 1.807) is 51.1 Å². The summed E-state index contributed by atoms with van der Waals surface area (Å²) in [5, 5.41) is 23.7. The molecule has 0 radical (unpaired) electrons. The highest BCUT2D eigenvalue weighted by Gasteiger charge is 2.45. The quantitative estimate of drug-likeness (QED) is 0.197. The molecule has 36 heavy (non-hydrogen) atoms. The average molecular weight is 544 g/mol. The first-order valence-corrected chi connectivity index (χ1v) is 13.2. The Labute approximate surface area is 212 Å². The highest BCUT2D eigenvalue weighted by Crippen LogP contribution is 2.46. The summed E-state index contributed by atoms with van der Waals surface area (Å²) >= 11 is 5.15. The molecule has 1 aliphatic heterocycles. The van der Waals surface area contributed by atoms with Crippen molar-refractivity contribution in [3.63, 3.8) is 0 Å². The van der Waals surface area contributed by atoms with Crippen LogP contribution in [0.1, 0.15) is 32.6 Å². The first-order chi connectivity index (χ1) is 16.9. The number of para-hydroxylation sites is 1. The molecule has 1 fully saturated rings. The van der Waals surface area contributed by atoms with Crippen molar-refractivity contribution >= 4 is 25.9 Å². The molecule has 12 nitrogen and oxygen atoms in total. The largest absolute Gasteiger partial charge is 0.462 e. The number of rotatable bonds is 10. The van der Waals surface area contributed by atoms with Gasteiger partial charge in [0, 0.05) is 11.8 Å². The number of carbonyl (C=O) groups excluding carboxylic acids is 1. The van der Waals surface area contributed by atoms with Gasteiger partial charge in [-0.1, -0.05) is 18.2 Å². The zero-order valence-electron chi connectivity index (χ0n) is 20.2. The summed E-state index contributed by atoms with van der Waals surface area (Å²) in [5.74, 6) is -0.459. The highest BCUT2D eigenvalue weighted by atomic mass is 32.1. The second-order valence-electron chi connectivity index (χ2n) is 8.56. The van der Waals surface area contributed by atoms with Gasteiger partial charge < -0.3 is 24.2 Å². The Morgan fingerprint density at radius 3 is 2.56 bits per heavy atom. The fourth-order valence-electron chi connectivity index (χ4n) is 3.38. The smallest absolute Gasteiger partial charge is 0.459 e. The van der Waals surface area contributed by atoms with E-state index < -0.39 is 50.9 Å². The van der Waals surface area contributed by atoms with E-state index in [-0.39, 0.29) is 22.2 Å². The monoisotopic (exact) mass is 543 g/mol. The molecule has 2 aromatic rings. The molecule has 0 saturated carbocycles. The molecular formula is C22H30N3O9PS. The maximum atomic E-state index is 13.6. The lowest BCUT2D eigenvalue weighted by atomic mass is 10.1. The molecule has 6 atom stereocenters. The van der Waals surface area contributed by atoms with Gasteiger partial charge in [-0.2, -0.15) is 5.09 Å². The molecule has 4 N–H and O–H groups in total. The summed E-state index contributed by atoms with van der Waals surface area (Å²) in [6.07, 6.45) is -4.15. The van der Waals surface area contributed by atoms with Crippen molar-refractivity contribution in [2.45, 2.75) is 64.4 Å². The van der Waals surface area contributed by atoms with Crippen molar-refractivity contribution in [2.75, 3.05) is 6.61 Å². The van der Waals surface area contributed by atoms with Crippen LogP contribution < -0.4 is 15.2 Å². The zero-order valence-corrected chi connectivity index (χ0v) is 21.9. The van der Waals surface area contributed by atoms with Gasteiger partial charge >= 0.3 is 13.7 Å². The molecule has 1 saturated heterocycles. The summed E-state index contributed by atoms with van der Waals surface area (Å²) in [5.41, 5.74) is -0.0693. The first-order valence-electron chi connectivity index (χ1n) is 11.2. The van der Waals surface area contributed by atoms with Crippen LogP contribution in [0.15, 0.2) is 41.3 Å². The number of nitrogens with one attached hydrogen (secondary N) is 2. The summed E-state index contributed by atoms with van der Waals surface area (Å²) in [6.45, 7) is 5.87. The fraction of sp³-hybridized carbons (Fsp3) is 0.500. The minimum Gasteiger partial charge on any atom is -0.462 e. The Hall–Kier alpha value is -2.38. The number of H-pyrrole nitrogens is 1. The third kappa shape index (κ3) is 6.88. The molecule has 198 valence electrons. The van der Waals surface area contributed by atoms with E-state index in [2.05, 4.69) is 10.1 Å². The van der Waals surface area contributed by atoms with Crippen molar-refractivity contribution in [3.8, 4) is 5.75 Å². The molecule has 0 spiro atoms. The Kier molecular flexibility index (Phi) is 9.23. The van der Waals surface area contributed by atoms with E-state index in [0.717, 1.165) is 0 Å². The van der Waals surface area contributed by atoms with Crippen LogP contribution in [0.3, 0.4) is 0 Å². The number of esters is 1. The van der Waals surface area contributed by atoms with Gasteiger partial charge in [0.1, 0.15) is 30.1 Å². The minimum atomic E-state index is -4.21. The van der Waals surface area contributed by atoms with Gasteiger partial charge in [-0.3, -0.25) is 23.7 Å². The molecule has 0 amide bonds. The number of aliphatic hydroxyl groups excluding tert-OH is 2. The van der Waals surface area contributed by atoms with Crippen LogP contribution in [0, 0.1) is 11.7 Å². The number of nitrogens with zero attached hydrogens (tertiary/aromatic N) is 1. The summed E-state index contributed by atoms with van der Waals surface area (Å²) in [7, 11) is -4.21. The van der Waals surface area contributed by atoms with E-state index >= 15 is 0 Å². The SMILES string of the molecule is Cc1cn([C@H]2O[C@@H](CO[P@](=O)(N[C@@H](C)C(=O)OC(C)C)Oc3ccccc3)C(O)[C@H]2O)c(=S)[nH]c1=O. The van der Waals surface area contributed by atoms with Gasteiger partial charge in [0.25, 0.3) is 5.56 Å². The molecule has 1 aromatic heterocycles. The maximum absolute atomic E-state index is 13.6. The van der Waals surface area contributed by atoms with E-state index in [1.807, 2.05) is 0 Å². The van der Waals surface area contributed by atoms with Crippen molar-refractivity contribution < 1.29 is 38.1 Å². The predicted molar refractivity (Wildman–Crippen MR) is 131 cm³/mol. The lowest BCUT2D eigenvalue weighted by molar-refractivity contribution is -0.149. The van der Waals surface area contributed by atoms with E-state index in [9.17, 15) is 24.4 Å². The van der Waals surface area contributed by atoms with Crippen molar-refractivity contribution in [1.82, 2.24) is 14.6 Å². The third-order valence-electron chi connectivity index (χ3n) is 5.19. The van der Waals surface area contributed by atoms with Crippen LogP contribution in [0.4, 0.5) is 0 Å². The van der Waals surface area contributed by atoms with Crippen LogP contribution in [0.25, 0.3) is 0 Å². The Morgan fingerprint density at radius 1 is 1.25 bits per heavy atom.